The summed E-state index contributed by atoms with van der Waals surface area (Å²) in [7, 11) is 0. The lowest BCUT2D eigenvalue weighted by Gasteiger charge is -2.08. The molecule has 1 aromatic carbocycles. The van der Waals surface area contributed by atoms with Gasteiger partial charge in [-0.3, -0.25) is 14.0 Å². The van der Waals surface area contributed by atoms with Gasteiger partial charge in [-0.25, -0.2) is 14.1 Å². The maximum absolute atomic E-state index is 13.9. The van der Waals surface area contributed by atoms with E-state index in [9.17, 15) is 14.0 Å². The number of thiazole rings is 1. The highest BCUT2D eigenvalue weighted by molar-refractivity contribution is 7.15. The Morgan fingerprint density at radius 1 is 1.21 bits per heavy atom. The fourth-order valence-electron chi connectivity index (χ4n) is 3.81. The standard InChI is InChI=1S/C24H26FN5O2S/c1-5-6-9-26-21(31)12-18-13-33-24-27-16(4)22(23(32)29(18)24)19-10-15(3)30(28-19)20-11-17(25)8-7-14(20)2/h7-8,10-11,13H,5-6,9,12H2,1-4H3,(H,26,31). The largest absolute Gasteiger partial charge is 0.356 e. The van der Waals surface area contributed by atoms with E-state index >= 15 is 0 Å². The Labute approximate surface area is 194 Å². The van der Waals surface area contributed by atoms with E-state index in [0.717, 1.165) is 24.1 Å². The molecule has 3 aromatic heterocycles. The smallest absolute Gasteiger partial charge is 0.268 e. The zero-order valence-electron chi connectivity index (χ0n) is 19.1. The molecule has 1 amide bonds. The number of carbonyl (C=O) groups excluding carboxylic acids is 1. The van der Waals surface area contributed by atoms with Crippen molar-refractivity contribution in [2.45, 2.75) is 47.0 Å². The van der Waals surface area contributed by atoms with E-state index in [1.165, 1.54) is 27.9 Å². The number of halogens is 1. The van der Waals surface area contributed by atoms with Gasteiger partial charge in [0.15, 0.2) is 4.96 Å². The van der Waals surface area contributed by atoms with Crippen LogP contribution in [0.2, 0.25) is 0 Å². The van der Waals surface area contributed by atoms with Crippen LogP contribution in [0.5, 0.6) is 0 Å². The Bertz CT molecular complexity index is 1400. The number of amides is 1. The van der Waals surface area contributed by atoms with Crippen LogP contribution < -0.4 is 10.9 Å². The first kappa shape index (κ1) is 22.8. The van der Waals surface area contributed by atoms with Crippen LogP contribution in [0, 0.1) is 26.6 Å². The number of nitrogens with one attached hydrogen (secondary N) is 1. The summed E-state index contributed by atoms with van der Waals surface area (Å²) in [5.74, 6) is -0.481. The molecule has 3 heterocycles. The Kier molecular flexibility index (Phi) is 6.42. The van der Waals surface area contributed by atoms with Gasteiger partial charge in [0.2, 0.25) is 5.91 Å². The third kappa shape index (κ3) is 4.45. The second-order valence-electron chi connectivity index (χ2n) is 8.12. The molecule has 0 bridgehead atoms. The fourth-order valence-corrected chi connectivity index (χ4v) is 4.73. The highest BCUT2D eigenvalue weighted by Gasteiger charge is 2.20. The van der Waals surface area contributed by atoms with Crippen molar-refractivity contribution in [3.05, 3.63) is 68.5 Å². The van der Waals surface area contributed by atoms with Crippen molar-refractivity contribution in [3.63, 3.8) is 0 Å². The van der Waals surface area contributed by atoms with E-state index in [-0.39, 0.29) is 23.7 Å². The zero-order valence-corrected chi connectivity index (χ0v) is 19.9. The van der Waals surface area contributed by atoms with E-state index in [4.69, 9.17) is 0 Å². The van der Waals surface area contributed by atoms with Crippen LogP contribution in [0.1, 0.15) is 42.4 Å². The van der Waals surface area contributed by atoms with Gasteiger partial charge >= 0.3 is 0 Å². The van der Waals surface area contributed by atoms with Crippen LogP contribution >= 0.6 is 11.3 Å². The molecule has 4 rings (SSSR count). The molecule has 0 spiro atoms. The van der Waals surface area contributed by atoms with Crippen molar-refractivity contribution in [2.75, 3.05) is 6.54 Å². The van der Waals surface area contributed by atoms with E-state index in [1.807, 2.05) is 13.8 Å². The number of aryl methyl sites for hydroxylation is 3. The summed E-state index contributed by atoms with van der Waals surface area (Å²) in [5.41, 5.74) is 3.97. The van der Waals surface area contributed by atoms with Gasteiger partial charge in [-0.2, -0.15) is 5.10 Å². The number of benzene rings is 1. The van der Waals surface area contributed by atoms with Crippen LogP contribution in [-0.4, -0.2) is 31.6 Å². The van der Waals surface area contributed by atoms with Gasteiger partial charge in [0, 0.05) is 23.3 Å². The van der Waals surface area contributed by atoms with Gasteiger partial charge in [0.25, 0.3) is 5.56 Å². The van der Waals surface area contributed by atoms with Crippen LogP contribution in [0.3, 0.4) is 0 Å². The predicted molar refractivity (Wildman–Crippen MR) is 128 cm³/mol. The first-order chi connectivity index (χ1) is 15.8. The number of aromatic nitrogens is 4. The maximum atomic E-state index is 13.9. The second-order valence-corrected chi connectivity index (χ2v) is 8.95. The van der Waals surface area contributed by atoms with Gasteiger partial charge in [-0.1, -0.05) is 19.4 Å². The molecule has 0 aliphatic heterocycles. The Morgan fingerprint density at radius 3 is 2.76 bits per heavy atom. The summed E-state index contributed by atoms with van der Waals surface area (Å²) in [6.45, 7) is 8.19. The summed E-state index contributed by atoms with van der Waals surface area (Å²) in [4.78, 5) is 31.0. The van der Waals surface area contributed by atoms with E-state index in [2.05, 4.69) is 22.3 Å². The summed E-state index contributed by atoms with van der Waals surface area (Å²) >= 11 is 1.33. The van der Waals surface area contributed by atoms with Crippen molar-refractivity contribution in [2.24, 2.45) is 0 Å². The molecule has 1 N–H and O–H groups in total. The highest BCUT2D eigenvalue weighted by Crippen LogP contribution is 2.25. The molecule has 0 atom stereocenters. The second kappa shape index (κ2) is 9.27. The topological polar surface area (TPSA) is 81.3 Å². The Balaban J connectivity index is 1.77. The third-order valence-electron chi connectivity index (χ3n) is 5.56. The predicted octanol–water partition coefficient (Wildman–Crippen LogP) is 4.13. The highest BCUT2D eigenvalue weighted by atomic mass is 32.1. The number of rotatable bonds is 7. The lowest BCUT2D eigenvalue weighted by Crippen LogP contribution is -2.28. The van der Waals surface area contributed by atoms with Gasteiger partial charge in [-0.15, -0.1) is 11.3 Å². The van der Waals surface area contributed by atoms with Crippen molar-refractivity contribution >= 4 is 22.2 Å². The molecular formula is C24H26FN5O2S. The summed E-state index contributed by atoms with van der Waals surface area (Å²) in [6, 6.07) is 6.33. The average molecular weight is 468 g/mol. The lowest BCUT2D eigenvalue weighted by molar-refractivity contribution is -0.120. The monoisotopic (exact) mass is 467 g/mol. The SMILES string of the molecule is CCCCNC(=O)Cc1csc2nc(C)c(-c3cc(C)n(-c4cc(F)ccc4C)n3)c(=O)n12. The molecule has 172 valence electrons. The first-order valence-corrected chi connectivity index (χ1v) is 11.8. The first-order valence-electron chi connectivity index (χ1n) is 10.9. The van der Waals surface area contributed by atoms with E-state index in [1.54, 1.807) is 29.1 Å². The molecule has 0 aliphatic rings. The van der Waals surface area contributed by atoms with Gasteiger partial charge < -0.3 is 5.32 Å². The quantitative estimate of drug-likeness (QED) is 0.415. The minimum absolute atomic E-state index is 0.101. The average Bonchev–Trinajstić information content (AvgIpc) is 3.33. The van der Waals surface area contributed by atoms with E-state index in [0.29, 0.717) is 39.8 Å². The normalized spacial score (nSPS) is 11.3. The lowest BCUT2D eigenvalue weighted by atomic mass is 10.1. The summed E-state index contributed by atoms with van der Waals surface area (Å²) < 4.78 is 17.0. The van der Waals surface area contributed by atoms with Crippen molar-refractivity contribution in [3.8, 4) is 16.9 Å². The maximum Gasteiger partial charge on any atom is 0.268 e. The van der Waals surface area contributed by atoms with Crippen LogP contribution in [-0.2, 0) is 11.2 Å². The number of unbranched alkanes of at least 4 members (excludes halogenated alkanes) is 1. The Morgan fingerprint density at radius 2 is 2.00 bits per heavy atom. The molecule has 0 unspecified atom stereocenters. The molecule has 9 heteroatoms. The van der Waals surface area contributed by atoms with Crippen LogP contribution in [0.4, 0.5) is 4.39 Å². The van der Waals surface area contributed by atoms with Crippen molar-refractivity contribution in [1.82, 2.24) is 24.5 Å². The van der Waals surface area contributed by atoms with Gasteiger partial charge in [0.05, 0.1) is 23.4 Å². The van der Waals surface area contributed by atoms with Crippen molar-refractivity contribution in [1.29, 1.82) is 0 Å². The molecular weight excluding hydrogens is 441 g/mol. The van der Waals surface area contributed by atoms with Crippen molar-refractivity contribution < 1.29 is 9.18 Å². The molecule has 0 radical (unpaired) electrons. The molecule has 0 saturated carbocycles. The number of nitrogens with zero attached hydrogens (tertiary/aromatic N) is 4. The Hall–Kier alpha value is -3.33. The molecule has 7 nitrogen and oxygen atoms in total. The molecule has 0 aliphatic carbocycles. The fraction of sp³-hybridized carbons (Fsp3) is 0.333. The number of fused-ring (bicyclic) bond motifs is 1. The molecule has 33 heavy (non-hydrogen) atoms. The minimum Gasteiger partial charge on any atom is -0.356 e. The van der Waals surface area contributed by atoms with Gasteiger partial charge in [-0.05, 0) is 51.0 Å². The molecule has 0 fully saturated rings. The number of hydrogen-bond donors (Lipinski definition) is 1. The van der Waals surface area contributed by atoms with Crippen LogP contribution in [0.25, 0.3) is 21.9 Å². The number of hydrogen-bond acceptors (Lipinski definition) is 5. The summed E-state index contributed by atoms with van der Waals surface area (Å²) in [6.07, 6.45) is 2.01. The third-order valence-corrected chi connectivity index (χ3v) is 6.43. The van der Waals surface area contributed by atoms with Gasteiger partial charge in [0.1, 0.15) is 11.5 Å². The molecule has 4 aromatic rings. The van der Waals surface area contributed by atoms with Crippen LogP contribution in [0.15, 0.2) is 34.4 Å². The molecule has 0 saturated heterocycles. The summed E-state index contributed by atoms with van der Waals surface area (Å²) in [5, 5.41) is 9.31. The zero-order chi connectivity index (χ0) is 23.7. The van der Waals surface area contributed by atoms with E-state index < -0.39 is 0 Å². The minimum atomic E-state index is -0.355. The number of carbonyl (C=O) groups is 1.